The Hall–Kier alpha value is -3.26. The third-order valence-electron chi connectivity index (χ3n) is 4.83. The molecule has 0 N–H and O–H groups in total. The molecule has 0 saturated heterocycles. The largest absolute Gasteiger partial charge is 0.252 e. The quantitative estimate of drug-likeness (QED) is 0.635. The Morgan fingerprint density at radius 2 is 1.00 bits per heavy atom. The van der Waals surface area contributed by atoms with Gasteiger partial charge in [-0.1, -0.05) is 60.7 Å². The van der Waals surface area contributed by atoms with E-state index in [4.69, 9.17) is 9.98 Å². The Kier molecular flexibility index (Phi) is 4.55. The van der Waals surface area contributed by atoms with Crippen molar-refractivity contribution in [2.24, 2.45) is 15.4 Å². The van der Waals surface area contributed by atoms with Gasteiger partial charge < -0.3 is 0 Å². The van der Waals surface area contributed by atoms with Crippen LogP contribution in [0.25, 0.3) is 12.2 Å². The molecule has 4 rings (SSSR count). The van der Waals surface area contributed by atoms with E-state index in [0.29, 0.717) is 0 Å². The van der Waals surface area contributed by atoms with Gasteiger partial charge in [-0.3, -0.25) is 9.98 Å². The predicted molar refractivity (Wildman–Crippen MR) is 116 cm³/mol. The summed E-state index contributed by atoms with van der Waals surface area (Å²) < 4.78 is 0. The van der Waals surface area contributed by atoms with Gasteiger partial charge in [0.2, 0.25) is 0 Å². The minimum absolute atomic E-state index is 0.244. The van der Waals surface area contributed by atoms with Gasteiger partial charge in [0.25, 0.3) is 0 Å². The standard InChI is InChI=1S/C25H22N2/c1-25(2,23-15-13-21(26-23)17-19-9-5-3-6-10-19)24-16-14-22(27-24)18-20-11-7-4-8-12-20/h3-18H,1-2H3/b21-17-,22-18-. The lowest BCUT2D eigenvalue weighted by Gasteiger charge is -2.22. The fraction of sp³-hybridized carbons (Fsp3) is 0.120. The molecule has 2 aromatic rings. The van der Waals surface area contributed by atoms with E-state index < -0.39 is 0 Å². The summed E-state index contributed by atoms with van der Waals surface area (Å²) in [6.45, 7) is 4.35. The number of aliphatic imine (C=N–C) groups is 2. The van der Waals surface area contributed by atoms with Crippen molar-refractivity contribution in [2.45, 2.75) is 13.8 Å². The van der Waals surface area contributed by atoms with Crippen molar-refractivity contribution in [1.82, 2.24) is 0 Å². The Morgan fingerprint density at radius 3 is 1.41 bits per heavy atom. The van der Waals surface area contributed by atoms with E-state index in [1.54, 1.807) is 0 Å². The van der Waals surface area contributed by atoms with E-state index in [2.05, 4.69) is 74.6 Å². The molecular formula is C25H22N2. The molecule has 0 aliphatic carbocycles. The van der Waals surface area contributed by atoms with Crippen LogP contribution >= 0.6 is 0 Å². The molecule has 0 radical (unpaired) electrons. The van der Waals surface area contributed by atoms with Crippen LogP contribution in [0.2, 0.25) is 0 Å². The van der Waals surface area contributed by atoms with Crippen LogP contribution in [0, 0.1) is 5.41 Å². The van der Waals surface area contributed by atoms with Gasteiger partial charge in [0.1, 0.15) is 0 Å². The Balaban J connectivity index is 1.57. The van der Waals surface area contributed by atoms with Crippen LogP contribution in [-0.4, -0.2) is 11.4 Å². The molecule has 2 heterocycles. The lowest BCUT2D eigenvalue weighted by atomic mass is 9.82. The first-order chi connectivity index (χ1) is 13.1. The fourth-order valence-corrected chi connectivity index (χ4v) is 3.18. The highest BCUT2D eigenvalue weighted by Gasteiger charge is 2.31. The van der Waals surface area contributed by atoms with Crippen LogP contribution < -0.4 is 0 Å². The highest BCUT2D eigenvalue weighted by atomic mass is 14.8. The van der Waals surface area contributed by atoms with E-state index >= 15 is 0 Å². The van der Waals surface area contributed by atoms with Gasteiger partial charge in [0.05, 0.1) is 22.8 Å². The molecule has 2 aliphatic heterocycles. The highest BCUT2D eigenvalue weighted by Crippen LogP contribution is 2.31. The SMILES string of the molecule is CC(C)(C1=N/C(=C\c2ccccc2)C=C1)C1=N/C(=C\c2ccccc2)C=C1. The molecule has 2 aromatic carbocycles. The number of hydrogen-bond donors (Lipinski definition) is 0. The summed E-state index contributed by atoms with van der Waals surface area (Å²) in [6, 6.07) is 20.6. The predicted octanol–water partition coefficient (Wildman–Crippen LogP) is 6.12. The first-order valence-corrected chi connectivity index (χ1v) is 9.19. The zero-order chi connectivity index (χ0) is 18.7. The summed E-state index contributed by atoms with van der Waals surface area (Å²) in [7, 11) is 0. The maximum absolute atomic E-state index is 4.84. The summed E-state index contributed by atoms with van der Waals surface area (Å²) in [6.07, 6.45) is 12.6. The van der Waals surface area contributed by atoms with Gasteiger partial charge in [-0.2, -0.15) is 0 Å². The van der Waals surface area contributed by atoms with Crippen LogP contribution in [0.5, 0.6) is 0 Å². The minimum Gasteiger partial charge on any atom is -0.252 e. The van der Waals surface area contributed by atoms with Crippen molar-refractivity contribution in [3.8, 4) is 0 Å². The van der Waals surface area contributed by atoms with E-state index in [1.165, 1.54) is 0 Å². The molecule has 0 fully saturated rings. The number of hydrogen-bond acceptors (Lipinski definition) is 2. The van der Waals surface area contributed by atoms with Gasteiger partial charge in [0, 0.05) is 5.41 Å². The second kappa shape index (κ2) is 7.16. The molecule has 27 heavy (non-hydrogen) atoms. The molecule has 0 bridgehead atoms. The number of benzene rings is 2. The molecule has 0 amide bonds. The van der Waals surface area contributed by atoms with Crippen molar-refractivity contribution in [3.05, 3.63) is 107 Å². The molecular weight excluding hydrogens is 328 g/mol. The van der Waals surface area contributed by atoms with Gasteiger partial charge in [-0.15, -0.1) is 0 Å². The highest BCUT2D eigenvalue weighted by molar-refractivity contribution is 6.21. The van der Waals surface area contributed by atoms with Crippen molar-refractivity contribution in [3.63, 3.8) is 0 Å². The topological polar surface area (TPSA) is 24.7 Å². The Labute approximate surface area is 160 Å². The van der Waals surface area contributed by atoms with Crippen molar-refractivity contribution >= 4 is 23.6 Å². The fourth-order valence-electron chi connectivity index (χ4n) is 3.18. The average Bonchev–Trinajstić information content (AvgIpc) is 3.34. The Morgan fingerprint density at radius 1 is 0.593 bits per heavy atom. The maximum atomic E-state index is 4.84. The minimum atomic E-state index is -0.244. The second-order valence-electron chi connectivity index (χ2n) is 7.25. The molecule has 2 nitrogen and oxygen atoms in total. The summed E-state index contributed by atoms with van der Waals surface area (Å²) in [4.78, 5) is 9.68. The molecule has 132 valence electrons. The zero-order valence-corrected chi connectivity index (χ0v) is 15.6. The second-order valence-corrected chi connectivity index (χ2v) is 7.25. The van der Waals surface area contributed by atoms with E-state index in [1.807, 2.05) is 36.4 Å². The normalized spacial score (nSPS) is 19.0. The van der Waals surface area contributed by atoms with Crippen LogP contribution in [0.15, 0.2) is 106 Å². The molecule has 0 aromatic heterocycles. The first kappa shape index (κ1) is 17.2. The summed E-state index contributed by atoms with van der Waals surface area (Å²) in [5.74, 6) is 0. The van der Waals surface area contributed by atoms with E-state index in [0.717, 1.165) is 33.9 Å². The molecule has 0 saturated carbocycles. The monoisotopic (exact) mass is 350 g/mol. The van der Waals surface area contributed by atoms with Crippen LogP contribution in [0.4, 0.5) is 0 Å². The third-order valence-corrected chi connectivity index (χ3v) is 4.83. The van der Waals surface area contributed by atoms with Crippen LogP contribution in [0.1, 0.15) is 25.0 Å². The summed E-state index contributed by atoms with van der Waals surface area (Å²) in [5, 5.41) is 0. The van der Waals surface area contributed by atoms with Gasteiger partial charge >= 0.3 is 0 Å². The summed E-state index contributed by atoms with van der Waals surface area (Å²) >= 11 is 0. The molecule has 0 atom stereocenters. The van der Waals surface area contributed by atoms with Crippen molar-refractivity contribution in [1.29, 1.82) is 0 Å². The lowest BCUT2D eigenvalue weighted by Crippen LogP contribution is -2.30. The number of rotatable bonds is 4. The van der Waals surface area contributed by atoms with Crippen molar-refractivity contribution < 1.29 is 0 Å². The molecule has 0 spiro atoms. The Bertz CT molecular complexity index is 931. The van der Waals surface area contributed by atoms with Gasteiger partial charge in [-0.05, 0) is 61.4 Å². The lowest BCUT2D eigenvalue weighted by molar-refractivity contribution is 0.736. The van der Waals surface area contributed by atoms with Crippen LogP contribution in [-0.2, 0) is 0 Å². The third kappa shape index (κ3) is 3.80. The smallest absolute Gasteiger partial charge is 0.0639 e. The first-order valence-electron chi connectivity index (χ1n) is 9.19. The molecule has 2 aliphatic rings. The average molecular weight is 350 g/mol. The summed E-state index contributed by atoms with van der Waals surface area (Å²) in [5.41, 5.74) is 6.10. The zero-order valence-electron chi connectivity index (χ0n) is 15.6. The number of nitrogens with zero attached hydrogens (tertiary/aromatic N) is 2. The van der Waals surface area contributed by atoms with E-state index in [9.17, 15) is 0 Å². The van der Waals surface area contributed by atoms with Crippen LogP contribution in [0.3, 0.4) is 0 Å². The maximum Gasteiger partial charge on any atom is 0.0639 e. The van der Waals surface area contributed by atoms with Gasteiger partial charge in [0.15, 0.2) is 0 Å². The van der Waals surface area contributed by atoms with Crippen molar-refractivity contribution in [2.75, 3.05) is 0 Å². The molecule has 2 heteroatoms. The molecule has 0 unspecified atom stereocenters. The van der Waals surface area contributed by atoms with Gasteiger partial charge in [-0.25, -0.2) is 0 Å². The number of allylic oxidation sites excluding steroid dienone is 4. The van der Waals surface area contributed by atoms with E-state index in [-0.39, 0.29) is 5.41 Å².